The summed E-state index contributed by atoms with van der Waals surface area (Å²) < 4.78 is 12.2. The normalized spacial score (nSPS) is 29.5. The van der Waals surface area contributed by atoms with Crippen molar-refractivity contribution in [1.29, 1.82) is 0 Å². The number of carbonyl (C=O) groups is 2. The van der Waals surface area contributed by atoms with Gasteiger partial charge >= 0.3 is 11.9 Å². The molecule has 0 amide bonds. The summed E-state index contributed by atoms with van der Waals surface area (Å²) in [5.41, 5.74) is -1.05. The van der Waals surface area contributed by atoms with Crippen LogP contribution in [0.4, 0.5) is 0 Å². The molecule has 2 aromatic rings. The van der Waals surface area contributed by atoms with Crippen LogP contribution in [0.1, 0.15) is 131 Å². The first kappa shape index (κ1) is 32.0. The van der Waals surface area contributed by atoms with E-state index in [4.69, 9.17) is 9.47 Å². The Kier molecular flexibility index (Phi) is 8.81. The average Bonchev–Trinajstić information content (AvgIpc) is 2.96. The topological polar surface area (TPSA) is 72.8 Å². The molecule has 2 aromatic carbocycles. The van der Waals surface area contributed by atoms with Crippen LogP contribution in [0.15, 0.2) is 42.5 Å². The highest BCUT2D eigenvalue weighted by Crippen LogP contribution is 2.59. The third-order valence-electron chi connectivity index (χ3n) is 11.4. The maximum atomic E-state index is 12.8. The van der Waals surface area contributed by atoms with Crippen LogP contribution in [0.3, 0.4) is 0 Å². The zero-order chi connectivity index (χ0) is 31.1. The van der Waals surface area contributed by atoms with E-state index >= 15 is 0 Å². The number of ether oxygens (including phenoxy) is 2. The van der Waals surface area contributed by atoms with Crippen molar-refractivity contribution in [2.45, 2.75) is 142 Å². The highest BCUT2D eigenvalue weighted by atomic mass is 16.6. The number of hydrogen-bond donors (Lipinski definition) is 1. The molecule has 4 bridgehead atoms. The van der Waals surface area contributed by atoms with Crippen LogP contribution in [-0.4, -0.2) is 28.2 Å². The van der Waals surface area contributed by atoms with Gasteiger partial charge in [0.25, 0.3) is 0 Å². The largest absolute Gasteiger partial charge is 0.459 e. The van der Waals surface area contributed by atoms with Crippen LogP contribution in [0.5, 0.6) is 0 Å². The lowest BCUT2D eigenvalue weighted by molar-refractivity contribution is -0.225. The lowest BCUT2D eigenvalue weighted by Gasteiger charge is -2.59. The van der Waals surface area contributed by atoms with Gasteiger partial charge in [0.2, 0.25) is 0 Å². The van der Waals surface area contributed by atoms with E-state index in [1.807, 2.05) is 41.5 Å². The molecule has 2 atom stereocenters. The van der Waals surface area contributed by atoms with E-state index in [1.54, 1.807) is 0 Å². The Bertz CT molecular complexity index is 1300. The van der Waals surface area contributed by atoms with Gasteiger partial charge in [-0.1, -0.05) is 56.7 Å². The summed E-state index contributed by atoms with van der Waals surface area (Å²) in [6, 6.07) is 14.9. The van der Waals surface area contributed by atoms with Gasteiger partial charge in [-0.05, 0) is 133 Å². The van der Waals surface area contributed by atoms with Crippen LogP contribution >= 0.6 is 0 Å². The summed E-state index contributed by atoms with van der Waals surface area (Å²) in [6.45, 7) is 11.9. The van der Waals surface area contributed by atoms with Crippen molar-refractivity contribution in [3.05, 3.63) is 48.0 Å². The summed E-state index contributed by atoms with van der Waals surface area (Å²) in [4.78, 5) is 25.2. The first-order valence-corrected chi connectivity index (χ1v) is 16.9. The van der Waals surface area contributed by atoms with Crippen molar-refractivity contribution >= 4 is 22.7 Å². The van der Waals surface area contributed by atoms with Crippen LogP contribution in [0.2, 0.25) is 0 Å². The number of benzene rings is 2. The van der Waals surface area contributed by atoms with E-state index in [9.17, 15) is 14.7 Å². The molecule has 0 aromatic heterocycles. The Balaban J connectivity index is 0.000000176. The Morgan fingerprint density at radius 3 is 1.91 bits per heavy atom. The second-order valence-electron chi connectivity index (χ2n) is 15.7. The first-order chi connectivity index (χ1) is 20.2. The number of esters is 2. The predicted molar refractivity (Wildman–Crippen MR) is 171 cm³/mol. The van der Waals surface area contributed by atoms with E-state index in [-0.39, 0.29) is 17.5 Å². The number of carbonyl (C=O) groups excluding carboxylic acids is 2. The maximum Gasteiger partial charge on any atom is 0.312 e. The molecule has 0 heterocycles. The fourth-order valence-electron chi connectivity index (χ4n) is 8.23. The molecule has 7 rings (SSSR count). The van der Waals surface area contributed by atoms with Gasteiger partial charge in [0.05, 0.1) is 16.4 Å². The molecule has 0 aliphatic heterocycles. The molecule has 1 N–H and O–H groups in total. The second kappa shape index (κ2) is 11.8. The number of hydrogen-bond acceptors (Lipinski definition) is 5. The molecule has 5 fully saturated rings. The number of fused-ring (bicyclic) bond motifs is 1. The molecule has 43 heavy (non-hydrogen) atoms. The summed E-state index contributed by atoms with van der Waals surface area (Å²) in [5.74, 6) is 0.966. The van der Waals surface area contributed by atoms with Crippen molar-refractivity contribution in [3.8, 4) is 0 Å². The molecule has 2 unspecified atom stereocenters. The molecule has 5 nitrogen and oxygen atoms in total. The van der Waals surface area contributed by atoms with Gasteiger partial charge in [-0.2, -0.15) is 0 Å². The molecule has 0 radical (unpaired) electrons. The summed E-state index contributed by atoms with van der Waals surface area (Å²) in [6.07, 6.45) is 12.6. The SMILES string of the molecule is CCC(C)(C)C(=O)OC1(c2ccc3ccccc3c2)CCCCC1.CCC(C)(C)C(=O)OC12CC3CC(CC(O)(C3)C1)C2. The minimum absolute atomic E-state index is 0.0694. The minimum Gasteiger partial charge on any atom is -0.459 e. The molecule has 0 spiro atoms. The monoisotopic (exact) mass is 590 g/mol. The van der Waals surface area contributed by atoms with Gasteiger partial charge in [-0.25, -0.2) is 0 Å². The lowest BCUT2D eigenvalue weighted by Crippen LogP contribution is -2.61. The summed E-state index contributed by atoms with van der Waals surface area (Å²) >= 11 is 0. The quantitative estimate of drug-likeness (QED) is 0.326. The molecule has 5 heteroatoms. The predicted octanol–water partition coefficient (Wildman–Crippen LogP) is 9.03. The molecule has 236 valence electrons. The fourth-order valence-corrected chi connectivity index (χ4v) is 8.23. The molecule has 5 aliphatic rings. The number of rotatable bonds is 7. The van der Waals surface area contributed by atoms with Gasteiger partial charge in [-0.3, -0.25) is 9.59 Å². The summed E-state index contributed by atoms with van der Waals surface area (Å²) in [7, 11) is 0. The maximum absolute atomic E-state index is 12.8. The molecular weight excluding hydrogens is 536 g/mol. The Morgan fingerprint density at radius 1 is 0.791 bits per heavy atom. The van der Waals surface area contributed by atoms with Gasteiger partial charge in [0.15, 0.2) is 0 Å². The zero-order valence-electron chi connectivity index (χ0n) is 27.5. The third-order valence-corrected chi connectivity index (χ3v) is 11.4. The lowest BCUT2D eigenvalue weighted by atomic mass is 9.52. The smallest absolute Gasteiger partial charge is 0.312 e. The molecule has 5 saturated carbocycles. The first-order valence-electron chi connectivity index (χ1n) is 16.9. The highest BCUT2D eigenvalue weighted by Gasteiger charge is 2.59. The summed E-state index contributed by atoms with van der Waals surface area (Å²) in [5, 5.41) is 13.1. The van der Waals surface area contributed by atoms with Crippen LogP contribution in [-0.2, 0) is 24.7 Å². The van der Waals surface area contributed by atoms with Gasteiger partial charge in [-0.15, -0.1) is 0 Å². The van der Waals surface area contributed by atoms with Crippen LogP contribution < -0.4 is 0 Å². The van der Waals surface area contributed by atoms with Gasteiger partial charge < -0.3 is 14.6 Å². The minimum atomic E-state index is -0.555. The van der Waals surface area contributed by atoms with Crippen LogP contribution in [0.25, 0.3) is 10.8 Å². The Labute approximate surface area is 259 Å². The standard InChI is InChI=1S/C22H28O2.C16H26O3/c1-4-21(2,3)20(23)24-22(14-8-5-9-15-22)19-13-12-17-10-6-7-11-18(17)16-19;1-4-14(2,3)13(17)19-16-8-11-5-12(9-16)7-15(18,6-11)10-16/h6-7,10-13,16H,4-5,8-9,14-15H2,1-3H3;11-12,18H,4-10H2,1-3H3. The van der Waals surface area contributed by atoms with Gasteiger partial charge in [0.1, 0.15) is 11.2 Å². The Hall–Kier alpha value is -2.40. The highest BCUT2D eigenvalue weighted by molar-refractivity contribution is 5.83. The zero-order valence-corrected chi connectivity index (χ0v) is 27.5. The number of aliphatic hydroxyl groups is 1. The van der Waals surface area contributed by atoms with E-state index in [2.05, 4.69) is 42.5 Å². The van der Waals surface area contributed by atoms with E-state index in [0.717, 1.165) is 69.8 Å². The van der Waals surface area contributed by atoms with Crippen molar-refractivity contribution in [2.24, 2.45) is 22.7 Å². The van der Waals surface area contributed by atoms with Crippen molar-refractivity contribution in [3.63, 3.8) is 0 Å². The van der Waals surface area contributed by atoms with Crippen molar-refractivity contribution in [2.75, 3.05) is 0 Å². The second-order valence-corrected chi connectivity index (χ2v) is 15.7. The third kappa shape index (κ3) is 6.67. The Morgan fingerprint density at radius 2 is 1.35 bits per heavy atom. The van der Waals surface area contributed by atoms with E-state index < -0.39 is 22.0 Å². The molecular formula is C38H54O5. The van der Waals surface area contributed by atoms with Crippen molar-refractivity contribution in [1.82, 2.24) is 0 Å². The van der Waals surface area contributed by atoms with Crippen LogP contribution in [0, 0.1) is 22.7 Å². The van der Waals surface area contributed by atoms with Crippen molar-refractivity contribution < 1.29 is 24.2 Å². The molecule has 0 saturated heterocycles. The van der Waals surface area contributed by atoms with Gasteiger partial charge in [0, 0.05) is 6.42 Å². The average molecular weight is 591 g/mol. The fraction of sp³-hybridized carbons (Fsp3) is 0.684. The van der Waals surface area contributed by atoms with E-state index in [1.165, 1.54) is 23.6 Å². The van der Waals surface area contributed by atoms with E-state index in [0.29, 0.717) is 18.3 Å². The molecule has 5 aliphatic carbocycles.